The Balaban J connectivity index is 3.28. The van der Waals surface area contributed by atoms with Gasteiger partial charge in [-0.05, 0) is 19.3 Å². The lowest BCUT2D eigenvalue weighted by atomic mass is 10.0. The first-order valence-electron chi connectivity index (χ1n) is 15.7. The summed E-state index contributed by atoms with van der Waals surface area (Å²) in [6.45, 7) is 2.69. The second kappa shape index (κ2) is 28.4. The number of aliphatic carboxylic acids is 1. The number of carbonyl (C=O) groups is 1. The van der Waals surface area contributed by atoms with E-state index < -0.39 is 16.4 Å². The van der Waals surface area contributed by atoms with Crippen LogP contribution in [0.3, 0.4) is 0 Å². The van der Waals surface area contributed by atoms with E-state index in [9.17, 15) is 13.2 Å². The normalized spacial score (nSPS) is 11.8. The maximum absolute atomic E-state index is 11.8. The van der Waals surface area contributed by atoms with Gasteiger partial charge in [-0.25, -0.2) is 8.37 Å². The Labute approximate surface area is 230 Å². The van der Waals surface area contributed by atoms with Crippen molar-refractivity contribution >= 4 is 16.4 Å². The smallest absolute Gasteiger partial charge is 0.399 e. The van der Waals surface area contributed by atoms with Crippen LogP contribution < -0.4 is 0 Å². The van der Waals surface area contributed by atoms with E-state index in [0.29, 0.717) is 6.42 Å². The Kier molecular flexibility index (Phi) is 27.8. The van der Waals surface area contributed by atoms with Crippen molar-refractivity contribution in [3.05, 3.63) is 0 Å². The molecule has 0 unspecified atom stereocenters. The van der Waals surface area contributed by atoms with Crippen LogP contribution >= 0.6 is 0 Å². The van der Waals surface area contributed by atoms with Gasteiger partial charge in [-0.3, -0.25) is 4.79 Å². The first-order valence-corrected chi connectivity index (χ1v) is 17.1. The third kappa shape index (κ3) is 31.5. The zero-order chi connectivity index (χ0) is 27.3. The van der Waals surface area contributed by atoms with Gasteiger partial charge in [0, 0.05) is 6.42 Å². The molecule has 0 fully saturated rings. The van der Waals surface area contributed by atoms with Crippen molar-refractivity contribution in [3.63, 3.8) is 0 Å². The molecule has 0 spiro atoms. The lowest BCUT2D eigenvalue weighted by molar-refractivity contribution is -0.137. The largest absolute Gasteiger partial charge is 0.481 e. The monoisotopic (exact) mass is 548 g/mol. The van der Waals surface area contributed by atoms with Crippen LogP contribution in [0.4, 0.5) is 0 Å². The molecule has 0 radical (unpaired) electrons. The van der Waals surface area contributed by atoms with E-state index >= 15 is 0 Å². The molecule has 0 saturated carbocycles. The average molecular weight is 549 g/mol. The Morgan fingerprint density at radius 3 is 1.05 bits per heavy atom. The second-order valence-corrected chi connectivity index (χ2v) is 12.0. The molecular weight excluding hydrogens is 488 g/mol. The molecule has 0 aromatic rings. The minimum absolute atomic E-state index is 0.222. The molecule has 7 heteroatoms. The summed E-state index contributed by atoms with van der Waals surface area (Å²) >= 11 is 0. The number of carboxylic acids is 1. The van der Waals surface area contributed by atoms with Crippen molar-refractivity contribution in [3.8, 4) is 0 Å². The predicted octanol–water partition coefficient (Wildman–Crippen LogP) is 9.51. The third-order valence-corrected chi connectivity index (χ3v) is 7.90. The van der Waals surface area contributed by atoms with Crippen molar-refractivity contribution in [2.24, 2.45) is 0 Å². The molecule has 0 atom stereocenters. The van der Waals surface area contributed by atoms with Gasteiger partial charge in [0.15, 0.2) is 0 Å². The summed E-state index contributed by atoms with van der Waals surface area (Å²) in [4.78, 5) is 10.4. The summed E-state index contributed by atoms with van der Waals surface area (Å²) in [6.07, 6.45) is 29.8. The molecule has 0 aliphatic rings. The standard InChI is InChI=1S/C30H60O6S/c1-2-3-4-5-6-7-16-19-22-25-28-35-37(33,34)36-29-26-23-20-17-14-12-10-8-9-11-13-15-18-21-24-27-30(31)32/h2-29H2,1H3,(H,31,32). The van der Waals surface area contributed by atoms with Crippen LogP contribution in [0, 0.1) is 0 Å². The van der Waals surface area contributed by atoms with E-state index in [4.69, 9.17) is 13.5 Å². The summed E-state index contributed by atoms with van der Waals surface area (Å²) in [7, 11) is -3.84. The van der Waals surface area contributed by atoms with E-state index in [0.717, 1.165) is 57.8 Å². The third-order valence-electron chi connectivity index (χ3n) is 6.99. The van der Waals surface area contributed by atoms with Crippen molar-refractivity contribution in [1.82, 2.24) is 0 Å². The zero-order valence-electron chi connectivity index (χ0n) is 24.2. The molecule has 0 aliphatic heterocycles. The van der Waals surface area contributed by atoms with E-state index in [1.165, 1.54) is 103 Å². The van der Waals surface area contributed by atoms with Crippen molar-refractivity contribution in [2.75, 3.05) is 13.2 Å². The van der Waals surface area contributed by atoms with Gasteiger partial charge in [-0.15, -0.1) is 0 Å². The minimum Gasteiger partial charge on any atom is -0.481 e. The maximum Gasteiger partial charge on any atom is 0.399 e. The lowest BCUT2D eigenvalue weighted by Crippen LogP contribution is -2.12. The van der Waals surface area contributed by atoms with E-state index in [1.807, 2.05) is 0 Å². The van der Waals surface area contributed by atoms with Crippen LogP contribution in [0.2, 0.25) is 0 Å². The van der Waals surface area contributed by atoms with Crippen LogP contribution in [0.15, 0.2) is 0 Å². The number of rotatable bonds is 31. The summed E-state index contributed by atoms with van der Waals surface area (Å²) in [5.41, 5.74) is 0. The fourth-order valence-electron chi connectivity index (χ4n) is 4.62. The van der Waals surface area contributed by atoms with Gasteiger partial charge in [-0.2, -0.15) is 8.42 Å². The summed E-state index contributed by atoms with van der Waals surface area (Å²) in [5.74, 6) is -0.681. The molecule has 0 saturated heterocycles. The number of hydrogen-bond acceptors (Lipinski definition) is 5. The lowest BCUT2D eigenvalue weighted by Gasteiger charge is -2.06. The second-order valence-electron chi connectivity index (χ2n) is 10.7. The highest BCUT2D eigenvalue weighted by Gasteiger charge is 2.11. The Bertz CT molecular complexity index is 579. The molecule has 0 bridgehead atoms. The predicted molar refractivity (Wildman–Crippen MR) is 154 cm³/mol. The van der Waals surface area contributed by atoms with Crippen LogP contribution in [-0.2, 0) is 23.6 Å². The zero-order valence-corrected chi connectivity index (χ0v) is 25.0. The Morgan fingerprint density at radius 2 is 0.757 bits per heavy atom. The molecule has 1 N–H and O–H groups in total. The maximum atomic E-state index is 11.8. The first-order chi connectivity index (χ1) is 18.0. The number of unbranched alkanes of at least 4 members (excludes halogenated alkanes) is 23. The minimum atomic E-state index is -3.84. The summed E-state index contributed by atoms with van der Waals surface area (Å²) < 4.78 is 33.6. The molecule has 37 heavy (non-hydrogen) atoms. The fourth-order valence-corrected chi connectivity index (χ4v) is 5.33. The van der Waals surface area contributed by atoms with Crippen molar-refractivity contribution < 1.29 is 26.7 Å². The van der Waals surface area contributed by atoms with Gasteiger partial charge in [-0.1, -0.05) is 148 Å². The van der Waals surface area contributed by atoms with Crippen LogP contribution in [0.25, 0.3) is 0 Å². The van der Waals surface area contributed by atoms with Gasteiger partial charge in [0.05, 0.1) is 13.2 Å². The fraction of sp³-hybridized carbons (Fsp3) is 0.967. The highest BCUT2D eigenvalue weighted by atomic mass is 32.3. The Morgan fingerprint density at radius 1 is 0.486 bits per heavy atom. The number of hydrogen-bond donors (Lipinski definition) is 1. The Hall–Kier alpha value is -0.660. The molecule has 6 nitrogen and oxygen atoms in total. The van der Waals surface area contributed by atoms with Gasteiger partial charge in [0.2, 0.25) is 0 Å². The SMILES string of the molecule is CCCCCCCCCCCCOS(=O)(=O)OCCCCCCCCCCCCCCCCCC(=O)O. The van der Waals surface area contributed by atoms with Crippen molar-refractivity contribution in [2.45, 2.75) is 174 Å². The van der Waals surface area contributed by atoms with Gasteiger partial charge < -0.3 is 5.11 Å². The summed E-state index contributed by atoms with van der Waals surface area (Å²) in [5, 5.41) is 8.61. The molecule has 0 aromatic carbocycles. The van der Waals surface area contributed by atoms with Crippen LogP contribution in [0.1, 0.15) is 174 Å². The average Bonchev–Trinajstić information content (AvgIpc) is 2.86. The molecule has 0 rings (SSSR count). The van der Waals surface area contributed by atoms with Crippen molar-refractivity contribution in [1.29, 1.82) is 0 Å². The van der Waals surface area contributed by atoms with Crippen LogP contribution in [0.5, 0.6) is 0 Å². The van der Waals surface area contributed by atoms with Gasteiger partial charge >= 0.3 is 16.4 Å². The van der Waals surface area contributed by atoms with Gasteiger partial charge in [0.25, 0.3) is 0 Å². The molecule has 0 amide bonds. The molecule has 0 aliphatic carbocycles. The molecule has 0 aromatic heterocycles. The van der Waals surface area contributed by atoms with E-state index in [2.05, 4.69) is 6.92 Å². The number of carboxylic acid groups (broad SMARTS) is 1. The first kappa shape index (κ1) is 36.3. The quantitative estimate of drug-likeness (QED) is 0.0867. The summed E-state index contributed by atoms with van der Waals surface area (Å²) in [6, 6.07) is 0. The topological polar surface area (TPSA) is 89.9 Å². The highest BCUT2D eigenvalue weighted by Crippen LogP contribution is 2.14. The highest BCUT2D eigenvalue weighted by molar-refractivity contribution is 7.81. The van der Waals surface area contributed by atoms with E-state index in [-0.39, 0.29) is 13.2 Å². The molecule has 222 valence electrons. The van der Waals surface area contributed by atoms with Gasteiger partial charge in [0.1, 0.15) is 0 Å². The van der Waals surface area contributed by atoms with E-state index in [1.54, 1.807) is 0 Å². The molecular formula is C30H60O6S. The molecule has 0 heterocycles. The van der Waals surface area contributed by atoms with Crippen LogP contribution in [-0.4, -0.2) is 32.7 Å².